The second kappa shape index (κ2) is 6.64. The number of benzene rings is 1. The summed E-state index contributed by atoms with van der Waals surface area (Å²) < 4.78 is 11.1. The van der Waals surface area contributed by atoms with E-state index in [1.807, 2.05) is 45.0 Å². The van der Waals surface area contributed by atoms with Crippen molar-refractivity contribution in [3.05, 3.63) is 35.4 Å². The van der Waals surface area contributed by atoms with E-state index >= 15 is 0 Å². The first-order valence-corrected chi connectivity index (χ1v) is 9.16. The molecule has 1 aromatic rings. The van der Waals surface area contributed by atoms with Crippen LogP contribution in [0.2, 0.25) is 0 Å². The summed E-state index contributed by atoms with van der Waals surface area (Å²) in [4.78, 5) is 14.8. The van der Waals surface area contributed by atoms with E-state index in [4.69, 9.17) is 9.47 Å². The number of carbonyl (C=O) groups is 1. The fraction of sp³-hybridized carbons (Fsp3) is 0.591. The molecule has 0 bridgehead atoms. The zero-order chi connectivity index (χ0) is 19.9. The van der Waals surface area contributed by atoms with E-state index in [-0.39, 0.29) is 16.9 Å². The summed E-state index contributed by atoms with van der Waals surface area (Å²) in [5.74, 6) is 0.775. The molecule has 1 aliphatic heterocycles. The highest BCUT2D eigenvalue weighted by atomic mass is 16.6. The van der Waals surface area contributed by atoms with Crippen LogP contribution in [0.3, 0.4) is 0 Å². The van der Waals surface area contributed by atoms with Crippen LogP contribution in [0.5, 0.6) is 5.75 Å². The molecule has 0 aromatic heterocycles. The molecule has 0 radical (unpaired) electrons. The molecule has 0 saturated carbocycles. The number of carbonyl (C=O) groups excluding carboxylic acids is 1. The van der Waals surface area contributed by atoms with E-state index in [1.165, 1.54) is 5.57 Å². The highest BCUT2D eigenvalue weighted by Crippen LogP contribution is 2.51. The Hall–Kier alpha value is -1.97. The van der Waals surface area contributed by atoms with Gasteiger partial charge in [0.1, 0.15) is 11.4 Å². The van der Waals surface area contributed by atoms with E-state index < -0.39 is 5.60 Å². The van der Waals surface area contributed by atoms with Crippen LogP contribution in [0.4, 0.5) is 4.79 Å². The van der Waals surface area contributed by atoms with Gasteiger partial charge in [0.25, 0.3) is 0 Å². The Bertz CT molecular complexity index is 718. The number of methoxy groups -OCH3 is 1. The molecule has 0 atom stereocenters. The Labute approximate surface area is 158 Å². The van der Waals surface area contributed by atoms with Crippen LogP contribution in [0.25, 0.3) is 5.70 Å². The predicted octanol–water partition coefficient (Wildman–Crippen LogP) is 5.73. The number of rotatable bonds is 2. The molecule has 26 heavy (non-hydrogen) atoms. The second-order valence-electron chi connectivity index (χ2n) is 9.66. The minimum Gasteiger partial charge on any atom is -0.497 e. The Morgan fingerprint density at radius 1 is 1.12 bits per heavy atom. The zero-order valence-electron chi connectivity index (χ0n) is 17.7. The number of nitrogens with zero attached hydrogens (tertiary/aromatic N) is 1. The van der Waals surface area contributed by atoms with Gasteiger partial charge < -0.3 is 9.47 Å². The van der Waals surface area contributed by atoms with Crippen LogP contribution in [-0.4, -0.2) is 30.2 Å². The zero-order valence-corrected chi connectivity index (χ0v) is 17.7. The molecule has 4 nitrogen and oxygen atoms in total. The van der Waals surface area contributed by atoms with Crippen LogP contribution in [0.1, 0.15) is 61.0 Å². The minimum absolute atomic E-state index is 0.0847. The van der Waals surface area contributed by atoms with Crippen molar-refractivity contribution >= 4 is 11.8 Å². The van der Waals surface area contributed by atoms with Crippen molar-refractivity contribution in [2.75, 3.05) is 13.7 Å². The van der Waals surface area contributed by atoms with Crippen LogP contribution < -0.4 is 4.74 Å². The van der Waals surface area contributed by atoms with Crippen LogP contribution >= 0.6 is 0 Å². The average molecular weight is 360 g/mol. The van der Waals surface area contributed by atoms with Gasteiger partial charge in [0.15, 0.2) is 0 Å². The van der Waals surface area contributed by atoms with Gasteiger partial charge in [0, 0.05) is 17.5 Å². The third-order valence-corrected chi connectivity index (χ3v) is 4.44. The Morgan fingerprint density at radius 2 is 1.73 bits per heavy atom. The quantitative estimate of drug-likeness (QED) is 0.677. The predicted molar refractivity (Wildman–Crippen MR) is 106 cm³/mol. The van der Waals surface area contributed by atoms with Gasteiger partial charge in [-0.05, 0) is 43.9 Å². The van der Waals surface area contributed by atoms with Crippen molar-refractivity contribution in [1.29, 1.82) is 0 Å². The third-order valence-electron chi connectivity index (χ3n) is 4.44. The molecule has 0 N–H and O–H groups in total. The largest absolute Gasteiger partial charge is 0.497 e. The molecule has 1 aliphatic rings. The van der Waals surface area contributed by atoms with E-state index in [1.54, 1.807) is 12.0 Å². The molecule has 2 rings (SSSR count). The lowest BCUT2D eigenvalue weighted by Gasteiger charge is -2.32. The summed E-state index contributed by atoms with van der Waals surface area (Å²) in [5.41, 5.74) is 2.41. The fourth-order valence-corrected chi connectivity index (χ4v) is 3.92. The van der Waals surface area contributed by atoms with E-state index in [0.29, 0.717) is 6.54 Å². The van der Waals surface area contributed by atoms with Crippen molar-refractivity contribution in [3.8, 4) is 5.75 Å². The molecule has 0 unspecified atom stereocenters. The van der Waals surface area contributed by atoms with Gasteiger partial charge in [-0.1, -0.05) is 46.8 Å². The molecular formula is C22H33NO3. The number of hydrogen-bond donors (Lipinski definition) is 0. The molecule has 0 aliphatic carbocycles. The normalized spacial score (nSPS) is 17.5. The first-order chi connectivity index (χ1) is 11.8. The van der Waals surface area contributed by atoms with Crippen LogP contribution in [0.15, 0.2) is 29.8 Å². The maximum absolute atomic E-state index is 13.0. The number of ether oxygens (including phenoxy) is 2. The Balaban J connectivity index is 2.66. The molecule has 1 aromatic carbocycles. The number of hydrogen-bond acceptors (Lipinski definition) is 3. The molecule has 1 amide bonds. The first-order valence-electron chi connectivity index (χ1n) is 9.16. The lowest BCUT2D eigenvalue weighted by atomic mass is 9.71. The molecule has 0 spiro atoms. The lowest BCUT2D eigenvalue weighted by Crippen LogP contribution is -2.36. The summed E-state index contributed by atoms with van der Waals surface area (Å²) in [6.07, 6.45) is -0.303. The van der Waals surface area contributed by atoms with Crippen molar-refractivity contribution in [2.24, 2.45) is 10.8 Å². The summed E-state index contributed by atoms with van der Waals surface area (Å²) in [5, 5.41) is 0. The smallest absolute Gasteiger partial charge is 0.414 e. The molecule has 0 saturated heterocycles. The summed E-state index contributed by atoms with van der Waals surface area (Å²) in [6.45, 7) is 17.3. The van der Waals surface area contributed by atoms with E-state index in [2.05, 4.69) is 34.6 Å². The standard InChI is InChI=1S/C22H33NO3/c1-20(2,3)18-17(15-11-10-12-16(13-15)25-9)23(14-22(18,7)8)19(24)26-21(4,5)6/h10-13H,14H2,1-9H3. The van der Waals surface area contributed by atoms with Gasteiger partial charge >= 0.3 is 6.09 Å². The maximum Gasteiger partial charge on any atom is 0.414 e. The molecule has 144 valence electrons. The summed E-state index contributed by atoms with van der Waals surface area (Å²) in [7, 11) is 1.66. The second-order valence-corrected chi connectivity index (χ2v) is 9.66. The van der Waals surface area contributed by atoms with E-state index in [9.17, 15) is 4.79 Å². The number of amides is 1. The summed E-state index contributed by atoms with van der Waals surface area (Å²) >= 11 is 0. The van der Waals surface area contributed by atoms with Gasteiger partial charge in [-0.2, -0.15) is 0 Å². The van der Waals surface area contributed by atoms with Crippen molar-refractivity contribution < 1.29 is 14.3 Å². The van der Waals surface area contributed by atoms with Crippen LogP contribution in [-0.2, 0) is 4.74 Å². The SMILES string of the molecule is COc1cccc(C2=C(C(C)(C)C)C(C)(C)CN2C(=O)OC(C)(C)C)c1. The average Bonchev–Trinajstić information content (AvgIpc) is 2.77. The van der Waals surface area contributed by atoms with Crippen molar-refractivity contribution in [2.45, 2.75) is 61.0 Å². The molecule has 0 fully saturated rings. The highest BCUT2D eigenvalue weighted by Gasteiger charge is 2.46. The van der Waals surface area contributed by atoms with Gasteiger partial charge in [-0.15, -0.1) is 0 Å². The van der Waals surface area contributed by atoms with E-state index in [0.717, 1.165) is 17.0 Å². The van der Waals surface area contributed by atoms with Gasteiger partial charge in [-0.3, -0.25) is 4.90 Å². The van der Waals surface area contributed by atoms with Gasteiger partial charge in [-0.25, -0.2) is 4.79 Å². The fourth-order valence-electron chi connectivity index (χ4n) is 3.92. The Morgan fingerprint density at radius 3 is 2.23 bits per heavy atom. The monoisotopic (exact) mass is 359 g/mol. The molecule has 4 heteroatoms. The van der Waals surface area contributed by atoms with Crippen LogP contribution in [0, 0.1) is 10.8 Å². The highest BCUT2D eigenvalue weighted by molar-refractivity contribution is 5.86. The van der Waals surface area contributed by atoms with Crippen molar-refractivity contribution in [1.82, 2.24) is 4.90 Å². The summed E-state index contributed by atoms with van der Waals surface area (Å²) in [6, 6.07) is 7.89. The van der Waals surface area contributed by atoms with Gasteiger partial charge in [0.05, 0.1) is 12.8 Å². The topological polar surface area (TPSA) is 38.8 Å². The first kappa shape index (κ1) is 20.3. The van der Waals surface area contributed by atoms with Gasteiger partial charge in [0.2, 0.25) is 0 Å². The lowest BCUT2D eigenvalue weighted by molar-refractivity contribution is 0.0338. The third kappa shape index (κ3) is 4.22. The maximum atomic E-state index is 13.0. The molecule has 1 heterocycles. The Kier molecular flexibility index (Phi) is 5.19. The molecular weight excluding hydrogens is 326 g/mol. The minimum atomic E-state index is -0.537. The van der Waals surface area contributed by atoms with Crippen molar-refractivity contribution in [3.63, 3.8) is 0 Å².